The van der Waals surface area contributed by atoms with E-state index in [-0.39, 0.29) is 6.61 Å². The second-order valence-corrected chi connectivity index (χ2v) is 6.39. The zero-order chi connectivity index (χ0) is 18.8. The Morgan fingerprint density at radius 3 is 2.58 bits per heavy atom. The third kappa shape index (κ3) is 3.73. The molecule has 0 aliphatic carbocycles. The van der Waals surface area contributed by atoms with Gasteiger partial charge in [0.1, 0.15) is 17.1 Å². The van der Waals surface area contributed by atoms with Crippen LogP contribution in [0.3, 0.4) is 0 Å². The molecular weight excluding hydrogens is 356 g/mol. The number of ether oxygens (including phenoxy) is 2. The fourth-order valence-electron chi connectivity index (χ4n) is 2.61. The van der Waals surface area contributed by atoms with Crippen LogP contribution >= 0.6 is 11.6 Å². The van der Waals surface area contributed by atoms with Gasteiger partial charge in [-0.2, -0.15) is 0 Å². The Labute approximate surface area is 155 Å². The first-order valence-electron chi connectivity index (χ1n) is 7.99. The fraction of sp³-hybridized carbons (Fsp3) is 0.200. The molecule has 5 nitrogen and oxygen atoms in total. The minimum absolute atomic E-state index is 0.254. The van der Waals surface area contributed by atoms with E-state index in [1.807, 2.05) is 13.8 Å². The highest BCUT2D eigenvalue weighted by molar-refractivity contribution is 6.31. The van der Waals surface area contributed by atoms with Crippen molar-refractivity contribution in [3.8, 4) is 11.5 Å². The van der Waals surface area contributed by atoms with Crippen LogP contribution < -0.4 is 15.1 Å². The Bertz CT molecular complexity index is 1050. The summed E-state index contributed by atoms with van der Waals surface area (Å²) in [6.07, 6.45) is 0. The summed E-state index contributed by atoms with van der Waals surface area (Å²) < 4.78 is 16.1. The van der Waals surface area contributed by atoms with Crippen LogP contribution in [0.1, 0.15) is 16.7 Å². The molecule has 3 aromatic rings. The van der Waals surface area contributed by atoms with Gasteiger partial charge in [0.25, 0.3) is 0 Å². The first kappa shape index (κ1) is 18.0. The molecule has 0 unspecified atom stereocenters. The number of hydrogen-bond donors (Lipinski definition) is 0. The molecule has 0 spiro atoms. The van der Waals surface area contributed by atoms with Crippen molar-refractivity contribution in [3.05, 3.63) is 68.5 Å². The number of halogens is 1. The van der Waals surface area contributed by atoms with Crippen molar-refractivity contribution in [2.75, 3.05) is 6.61 Å². The summed E-state index contributed by atoms with van der Waals surface area (Å²) in [6, 6.07) is 9.99. The van der Waals surface area contributed by atoms with Gasteiger partial charge in [0, 0.05) is 22.0 Å². The summed E-state index contributed by atoms with van der Waals surface area (Å²) >= 11 is 5.96. The van der Waals surface area contributed by atoms with E-state index in [2.05, 4.69) is 0 Å². The van der Waals surface area contributed by atoms with Crippen LogP contribution in [-0.2, 0) is 4.79 Å². The number of esters is 1. The van der Waals surface area contributed by atoms with E-state index >= 15 is 0 Å². The van der Waals surface area contributed by atoms with Crippen molar-refractivity contribution < 1.29 is 18.7 Å². The minimum Gasteiger partial charge on any atom is -0.482 e. The van der Waals surface area contributed by atoms with Crippen LogP contribution in [0, 0.1) is 20.8 Å². The van der Waals surface area contributed by atoms with Crippen LogP contribution in [0.15, 0.2) is 45.6 Å². The van der Waals surface area contributed by atoms with E-state index < -0.39 is 11.6 Å². The second-order valence-electron chi connectivity index (χ2n) is 5.99. The van der Waals surface area contributed by atoms with Crippen LogP contribution in [0.25, 0.3) is 11.0 Å². The highest BCUT2D eigenvalue weighted by Gasteiger charge is 2.14. The van der Waals surface area contributed by atoms with Crippen molar-refractivity contribution in [2.24, 2.45) is 0 Å². The lowest BCUT2D eigenvalue weighted by Crippen LogP contribution is -2.18. The third-order valence-corrected chi connectivity index (χ3v) is 4.45. The average molecular weight is 373 g/mol. The fourth-order valence-corrected chi connectivity index (χ4v) is 2.73. The molecule has 6 heteroatoms. The highest BCUT2D eigenvalue weighted by atomic mass is 35.5. The van der Waals surface area contributed by atoms with E-state index in [0.717, 1.165) is 16.5 Å². The van der Waals surface area contributed by atoms with Gasteiger partial charge in [-0.3, -0.25) is 0 Å². The van der Waals surface area contributed by atoms with Gasteiger partial charge in [-0.15, -0.1) is 0 Å². The molecular formula is C20H17ClO5. The van der Waals surface area contributed by atoms with Gasteiger partial charge in [0.2, 0.25) is 0 Å². The Morgan fingerprint density at radius 1 is 1.08 bits per heavy atom. The quantitative estimate of drug-likeness (QED) is 0.387. The molecule has 1 heterocycles. The number of hydrogen-bond acceptors (Lipinski definition) is 5. The number of aryl methyl sites for hydroxylation is 3. The molecule has 0 aliphatic rings. The van der Waals surface area contributed by atoms with Crippen LogP contribution in [0.2, 0.25) is 5.02 Å². The third-order valence-electron chi connectivity index (χ3n) is 4.03. The van der Waals surface area contributed by atoms with Crippen LogP contribution in [-0.4, -0.2) is 12.6 Å². The van der Waals surface area contributed by atoms with E-state index in [1.54, 1.807) is 37.3 Å². The molecule has 0 aliphatic heterocycles. The Hall–Kier alpha value is -2.79. The van der Waals surface area contributed by atoms with Crippen molar-refractivity contribution in [2.45, 2.75) is 20.8 Å². The largest absolute Gasteiger partial charge is 0.482 e. The number of benzene rings is 2. The second kappa shape index (κ2) is 7.22. The van der Waals surface area contributed by atoms with E-state index in [0.29, 0.717) is 27.7 Å². The Kier molecular flexibility index (Phi) is 5.00. The number of carbonyl (C=O) groups is 1. The Balaban J connectivity index is 1.75. The normalized spacial score (nSPS) is 10.8. The summed E-state index contributed by atoms with van der Waals surface area (Å²) in [6.45, 7) is 5.15. The van der Waals surface area contributed by atoms with Gasteiger partial charge >= 0.3 is 11.6 Å². The number of carbonyl (C=O) groups excluding carboxylic acids is 1. The molecule has 0 N–H and O–H groups in total. The highest BCUT2D eigenvalue weighted by Crippen LogP contribution is 2.28. The molecule has 0 atom stereocenters. The molecule has 0 bridgehead atoms. The van der Waals surface area contributed by atoms with Gasteiger partial charge in [-0.05, 0) is 62.2 Å². The SMILES string of the molecule is Cc1cc(OCC(=O)Oc2ccc3c(C)cc(=O)oc3c2C)ccc1Cl. The zero-order valence-corrected chi connectivity index (χ0v) is 15.3. The molecule has 134 valence electrons. The number of fused-ring (bicyclic) bond motifs is 1. The molecule has 0 saturated heterocycles. The first-order chi connectivity index (χ1) is 12.3. The predicted octanol–water partition coefficient (Wildman–Crippen LogP) is 4.36. The van der Waals surface area contributed by atoms with Crippen molar-refractivity contribution in [1.82, 2.24) is 0 Å². The first-order valence-corrected chi connectivity index (χ1v) is 8.36. The van der Waals surface area contributed by atoms with Crippen LogP contribution in [0.4, 0.5) is 0 Å². The van der Waals surface area contributed by atoms with Crippen molar-refractivity contribution in [1.29, 1.82) is 0 Å². The van der Waals surface area contributed by atoms with Gasteiger partial charge in [-0.25, -0.2) is 9.59 Å². The smallest absolute Gasteiger partial charge is 0.349 e. The minimum atomic E-state index is -0.560. The van der Waals surface area contributed by atoms with E-state index in [4.69, 9.17) is 25.5 Å². The lowest BCUT2D eigenvalue weighted by Gasteiger charge is -2.11. The van der Waals surface area contributed by atoms with E-state index in [9.17, 15) is 9.59 Å². The summed E-state index contributed by atoms with van der Waals surface area (Å²) in [5, 5.41) is 1.43. The van der Waals surface area contributed by atoms with Crippen molar-refractivity contribution in [3.63, 3.8) is 0 Å². The summed E-state index contributed by atoms with van der Waals surface area (Å²) in [7, 11) is 0. The van der Waals surface area contributed by atoms with Gasteiger partial charge in [0.05, 0.1) is 0 Å². The summed E-state index contributed by atoms with van der Waals surface area (Å²) in [4.78, 5) is 23.7. The van der Waals surface area contributed by atoms with Crippen LogP contribution in [0.5, 0.6) is 11.5 Å². The topological polar surface area (TPSA) is 65.7 Å². The molecule has 0 amide bonds. The van der Waals surface area contributed by atoms with Gasteiger partial charge in [-0.1, -0.05) is 11.6 Å². The molecule has 2 aromatic carbocycles. The molecule has 0 radical (unpaired) electrons. The summed E-state index contributed by atoms with van der Waals surface area (Å²) in [5.74, 6) is 0.294. The Morgan fingerprint density at radius 2 is 1.85 bits per heavy atom. The van der Waals surface area contributed by atoms with E-state index in [1.165, 1.54) is 6.07 Å². The monoisotopic (exact) mass is 372 g/mol. The average Bonchev–Trinajstić information content (AvgIpc) is 2.59. The maximum atomic E-state index is 12.1. The van der Waals surface area contributed by atoms with Crippen molar-refractivity contribution >= 4 is 28.5 Å². The summed E-state index contributed by atoms with van der Waals surface area (Å²) in [5.41, 5.74) is 2.21. The number of rotatable bonds is 4. The predicted molar refractivity (Wildman–Crippen MR) is 99.3 cm³/mol. The molecule has 1 aromatic heterocycles. The maximum absolute atomic E-state index is 12.1. The molecule has 0 fully saturated rings. The lowest BCUT2D eigenvalue weighted by atomic mass is 10.1. The zero-order valence-electron chi connectivity index (χ0n) is 14.6. The molecule has 3 rings (SSSR count). The molecule has 0 saturated carbocycles. The lowest BCUT2D eigenvalue weighted by molar-refractivity contribution is -0.136. The van der Waals surface area contributed by atoms with Gasteiger partial charge in [0.15, 0.2) is 6.61 Å². The standard InChI is InChI=1S/C20H17ClO5/c1-11-9-18(22)26-20-13(3)17(7-5-15(11)20)25-19(23)10-24-14-4-6-16(21)12(2)8-14/h4-9H,10H2,1-3H3. The maximum Gasteiger partial charge on any atom is 0.349 e. The van der Waals surface area contributed by atoms with Gasteiger partial charge < -0.3 is 13.9 Å². The molecule has 26 heavy (non-hydrogen) atoms.